The van der Waals surface area contributed by atoms with Gasteiger partial charge >= 0.3 is 0 Å². The molecular weight excluding hydrogens is 642 g/mol. The fourth-order valence-electron chi connectivity index (χ4n) is 8.60. The van der Waals surface area contributed by atoms with E-state index in [4.69, 9.17) is 14.6 Å². The quantitative estimate of drug-likeness (QED) is 0.252. The Morgan fingerprint density at radius 1 is 1.04 bits per heavy atom. The first-order valence-electron chi connectivity index (χ1n) is 17.2. The zero-order chi connectivity index (χ0) is 34.9. The fraction of sp³-hybridized carbons (Fsp3) is 0.514. The maximum absolute atomic E-state index is 14.4. The maximum Gasteiger partial charge on any atom is 0.263 e. The zero-order valence-corrected chi connectivity index (χ0v) is 28.7. The van der Waals surface area contributed by atoms with Crippen LogP contribution in [0.25, 0.3) is 16.9 Å². The van der Waals surface area contributed by atoms with Crippen LogP contribution < -0.4 is 30.5 Å². The third-order valence-corrected chi connectivity index (χ3v) is 11.1. The van der Waals surface area contributed by atoms with Crippen LogP contribution in [0.1, 0.15) is 60.6 Å². The van der Waals surface area contributed by atoms with E-state index < -0.39 is 5.91 Å². The van der Waals surface area contributed by atoms with Gasteiger partial charge in [0, 0.05) is 61.4 Å². The fourth-order valence-corrected chi connectivity index (χ4v) is 8.60. The second-order valence-corrected chi connectivity index (χ2v) is 14.3. The molecule has 4 aromatic heterocycles. The first-order chi connectivity index (χ1) is 24.1. The number of piperazine rings is 1. The van der Waals surface area contributed by atoms with Crippen LogP contribution in [0.5, 0.6) is 11.8 Å². The van der Waals surface area contributed by atoms with Crippen LogP contribution in [0.4, 0.5) is 5.69 Å². The van der Waals surface area contributed by atoms with E-state index in [9.17, 15) is 19.2 Å². The van der Waals surface area contributed by atoms with E-state index in [2.05, 4.69) is 20.4 Å². The Morgan fingerprint density at radius 3 is 2.44 bits per heavy atom. The largest absolute Gasteiger partial charge is 0.482 e. The number of carbonyl (C=O) groups is 2. The number of hydrogen-bond donors (Lipinski definition) is 2. The molecule has 5 heterocycles. The van der Waals surface area contributed by atoms with Gasteiger partial charge in [-0.25, -0.2) is 4.98 Å². The molecule has 15 nitrogen and oxygen atoms in total. The highest BCUT2D eigenvalue weighted by molar-refractivity contribution is 5.96. The summed E-state index contributed by atoms with van der Waals surface area (Å²) in [7, 11) is 2.92. The number of fused-ring (bicyclic) bond motifs is 1. The highest BCUT2D eigenvalue weighted by Gasteiger charge is 2.72. The van der Waals surface area contributed by atoms with Gasteiger partial charge in [-0.1, -0.05) is 6.92 Å². The van der Waals surface area contributed by atoms with Gasteiger partial charge in [0.1, 0.15) is 17.8 Å². The van der Waals surface area contributed by atoms with Crippen molar-refractivity contribution in [3.63, 3.8) is 0 Å². The Morgan fingerprint density at radius 2 is 1.78 bits per heavy atom. The summed E-state index contributed by atoms with van der Waals surface area (Å²) < 4.78 is 12.4. The number of aromatic amines is 1. The number of nitrogens with zero attached hydrogens (tertiary/aromatic N) is 7. The third-order valence-electron chi connectivity index (χ3n) is 11.1. The lowest BCUT2D eigenvalue weighted by Gasteiger charge is -2.71. The minimum Gasteiger partial charge on any atom is -0.482 e. The molecule has 0 unspecified atom stereocenters. The molecule has 2 N–H and O–H groups in total. The van der Waals surface area contributed by atoms with E-state index in [-0.39, 0.29) is 58.9 Å². The Hall–Kier alpha value is -5.21. The number of rotatable bonds is 10. The average molecular weight is 684 g/mol. The molecule has 1 saturated heterocycles. The monoisotopic (exact) mass is 683 g/mol. The maximum atomic E-state index is 14.4. The normalized spacial score (nSPS) is 22.6. The van der Waals surface area contributed by atoms with Gasteiger partial charge in [-0.3, -0.25) is 19.2 Å². The van der Waals surface area contributed by atoms with Crippen molar-refractivity contribution < 1.29 is 19.1 Å². The number of pyridine rings is 3. The number of H-pyrrole nitrogens is 1. The number of nitrogens with one attached hydrogen (secondary N) is 2. The molecule has 4 saturated carbocycles. The van der Waals surface area contributed by atoms with Crippen molar-refractivity contribution in [2.75, 3.05) is 45.3 Å². The number of ether oxygens (including phenoxy) is 2. The van der Waals surface area contributed by atoms with E-state index in [0.29, 0.717) is 59.1 Å². The molecule has 50 heavy (non-hydrogen) atoms. The zero-order valence-electron chi connectivity index (χ0n) is 28.7. The van der Waals surface area contributed by atoms with Gasteiger partial charge in [-0.05, 0) is 62.8 Å². The van der Waals surface area contributed by atoms with Crippen LogP contribution in [0.3, 0.4) is 0 Å². The number of hydrogen-bond acceptors (Lipinski definition) is 10. The van der Waals surface area contributed by atoms with Gasteiger partial charge < -0.3 is 34.1 Å². The van der Waals surface area contributed by atoms with E-state index >= 15 is 0 Å². The summed E-state index contributed by atoms with van der Waals surface area (Å²) in [5.41, 5.74) is 2.10. The highest BCUT2D eigenvalue weighted by Crippen LogP contribution is 2.75. The lowest BCUT2D eigenvalue weighted by molar-refractivity contribution is -0.176. The predicted molar refractivity (Wildman–Crippen MR) is 183 cm³/mol. The van der Waals surface area contributed by atoms with E-state index in [1.807, 2.05) is 16.4 Å². The van der Waals surface area contributed by atoms with Crippen molar-refractivity contribution in [2.45, 2.75) is 64.5 Å². The Balaban J connectivity index is 1.12. The molecule has 5 aliphatic rings. The molecule has 0 atom stereocenters. The van der Waals surface area contributed by atoms with Crippen LogP contribution in [0, 0.1) is 18.3 Å². The van der Waals surface area contributed by atoms with Gasteiger partial charge in [0.2, 0.25) is 28.5 Å². The van der Waals surface area contributed by atoms with Gasteiger partial charge in [0.15, 0.2) is 11.2 Å². The third kappa shape index (κ3) is 5.04. The van der Waals surface area contributed by atoms with Crippen molar-refractivity contribution in [2.24, 2.45) is 11.3 Å². The smallest absolute Gasteiger partial charge is 0.263 e. The molecule has 2 bridgehead atoms. The summed E-state index contributed by atoms with van der Waals surface area (Å²) in [4.78, 5) is 66.6. The average Bonchev–Trinajstić information content (AvgIpc) is 3.84. The molecule has 4 aromatic rings. The summed E-state index contributed by atoms with van der Waals surface area (Å²) in [5, 5.41) is 12.7. The van der Waals surface area contributed by atoms with Crippen molar-refractivity contribution in [1.82, 2.24) is 39.7 Å². The van der Waals surface area contributed by atoms with Crippen LogP contribution in [-0.2, 0) is 17.8 Å². The molecule has 15 heteroatoms. The first kappa shape index (κ1) is 32.0. The standard InChI is InChI=1S/C35H41N9O6/c1-5-23-28(41-10-12-42(13-11-41)33(48)26-29(46)20(2)15-37-32(26)50-4)30(47)27-31(40-44(39-27)22-8-9-36-25(14-22)49-3)43(23)16-24(45)38-35-17-34(18-35,19-35)21-6-7-21/h8-9,14-15,21H,5-7,10-13,16-19H2,1-4H3,(H,37,46)(H,38,45). The van der Waals surface area contributed by atoms with Gasteiger partial charge in [-0.15, -0.1) is 15.0 Å². The van der Waals surface area contributed by atoms with E-state index in [1.54, 1.807) is 30.2 Å². The number of aryl methyl sites for hydroxylation is 1. The van der Waals surface area contributed by atoms with E-state index in [0.717, 1.165) is 25.2 Å². The van der Waals surface area contributed by atoms with Crippen molar-refractivity contribution in [3.8, 4) is 17.4 Å². The van der Waals surface area contributed by atoms with Gasteiger partial charge in [0.05, 0.1) is 19.9 Å². The van der Waals surface area contributed by atoms with Crippen molar-refractivity contribution in [3.05, 3.63) is 61.8 Å². The molecular formula is C35H41N9O6. The minimum absolute atomic E-state index is 0.0160. The number of anilines is 1. The Bertz CT molecular complexity index is 2140. The lowest BCUT2D eigenvalue weighted by atomic mass is 9.37. The van der Waals surface area contributed by atoms with E-state index in [1.165, 1.54) is 38.1 Å². The molecule has 262 valence electrons. The SMILES string of the molecule is CCc1c(N2CCN(C(=O)c3c(OC)[nH]cc(C)c3=O)CC2)c(=O)c2nn(-c3ccnc(OC)c3)nc2n1CC(=O)NC12CC(C3CC3)(C1)C2. The number of methoxy groups -OCH3 is 2. The van der Waals surface area contributed by atoms with Crippen LogP contribution >= 0.6 is 0 Å². The Kier molecular flexibility index (Phi) is 7.49. The van der Waals surface area contributed by atoms with Crippen molar-refractivity contribution >= 4 is 28.7 Å². The second kappa shape index (κ2) is 11.7. The highest BCUT2D eigenvalue weighted by atomic mass is 16.5. The molecule has 0 aromatic carbocycles. The first-order valence-corrected chi connectivity index (χ1v) is 17.2. The number of aromatic nitrogens is 6. The predicted octanol–water partition coefficient (Wildman–Crippen LogP) is 1.96. The van der Waals surface area contributed by atoms with Crippen LogP contribution in [0.15, 0.2) is 34.1 Å². The van der Waals surface area contributed by atoms with Gasteiger partial charge in [-0.2, -0.15) is 0 Å². The summed E-state index contributed by atoms with van der Waals surface area (Å²) in [6.45, 7) is 4.78. The summed E-state index contributed by atoms with van der Waals surface area (Å²) in [6, 6.07) is 3.39. The van der Waals surface area contributed by atoms with Crippen LogP contribution in [0.2, 0.25) is 0 Å². The molecule has 4 aliphatic carbocycles. The van der Waals surface area contributed by atoms with Gasteiger partial charge in [0.25, 0.3) is 5.91 Å². The number of amides is 2. The Labute approximate surface area is 287 Å². The molecule has 5 fully saturated rings. The molecule has 0 radical (unpaired) electrons. The molecule has 2 amide bonds. The molecule has 0 spiro atoms. The summed E-state index contributed by atoms with van der Waals surface area (Å²) in [6.07, 6.45) is 9.30. The lowest BCUT2D eigenvalue weighted by Crippen LogP contribution is -2.75. The summed E-state index contributed by atoms with van der Waals surface area (Å²) in [5.74, 6) is 0.760. The minimum atomic E-state index is -0.431. The number of carbonyl (C=O) groups excluding carboxylic acids is 2. The second-order valence-electron chi connectivity index (χ2n) is 14.3. The topological polar surface area (TPSA) is 170 Å². The molecule has 9 rings (SSSR count). The summed E-state index contributed by atoms with van der Waals surface area (Å²) >= 11 is 0. The van der Waals surface area contributed by atoms with Crippen molar-refractivity contribution in [1.29, 1.82) is 0 Å². The van der Waals surface area contributed by atoms with Crippen LogP contribution in [-0.4, -0.2) is 92.2 Å². The molecule has 1 aliphatic heterocycles.